The molecule has 1 aromatic carbocycles. The summed E-state index contributed by atoms with van der Waals surface area (Å²) in [7, 11) is 0. The highest BCUT2D eigenvalue weighted by Gasteiger charge is 1.86. The van der Waals surface area contributed by atoms with Gasteiger partial charge in [-0.05, 0) is 42.8 Å². The fourth-order valence-corrected chi connectivity index (χ4v) is 0.926. The van der Waals surface area contributed by atoms with Crippen LogP contribution < -0.4 is 0 Å². The second-order valence-electron chi connectivity index (χ2n) is 2.78. The molecule has 0 atom stereocenters. The Morgan fingerprint density at radius 3 is 2.57 bits per heavy atom. The molecule has 1 rings (SSSR count). The molecule has 0 aliphatic carbocycles. The smallest absolute Gasteiger partial charge is 0.146 e. The zero-order chi connectivity index (χ0) is 10.4. The Morgan fingerprint density at radius 2 is 2.00 bits per heavy atom. The Hall–Kier alpha value is -1.52. The molecular formula is C12H9ClO. The monoisotopic (exact) mass is 204 g/mol. The molecule has 0 heterocycles. The molecular weight excluding hydrogens is 196 g/mol. The van der Waals surface area contributed by atoms with Gasteiger partial charge in [0.15, 0.2) is 0 Å². The van der Waals surface area contributed by atoms with E-state index in [-0.39, 0.29) is 0 Å². The van der Waals surface area contributed by atoms with E-state index in [1.807, 2.05) is 12.1 Å². The lowest BCUT2D eigenvalue weighted by molar-refractivity contribution is -0.104. The summed E-state index contributed by atoms with van der Waals surface area (Å²) in [6, 6.07) is 7.22. The van der Waals surface area contributed by atoms with Crippen molar-refractivity contribution in [2.45, 2.75) is 6.92 Å². The van der Waals surface area contributed by atoms with E-state index in [9.17, 15) is 4.79 Å². The van der Waals surface area contributed by atoms with E-state index < -0.39 is 0 Å². The van der Waals surface area contributed by atoms with Crippen LogP contribution >= 0.6 is 11.6 Å². The third-order valence-corrected chi connectivity index (χ3v) is 1.80. The van der Waals surface area contributed by atoms with Crippen molar-refractivity contribution in [2.24, 2.45) is 0 Å². The molecule has 0 aliphatic heterocycles. The van der Waals surface area contributed by atoms with Crippen LogP contribution in [0.15, 0.2) is 35.9 Å². The van der Waals surface area contributed by atoms with E-state index in [0.29, 0.717) is 10.6 Å². The van der Waals surface area contributed by atoms with Crippen LogP contribution in [0.5, 0.6) is 0 Å². The minimum atomic E-state index is 0.617. The van der Waals surface area contributed by atoms with Crippen molar-refractivity contribution in [3.63, 3.8) is 0 Å². The molecule has 0 unspecified atom stereocenters. The molecule has 0 aromatic heterocycles. The van der Waals surface area contributed by atoms with E-state index in [2.05, 4.69) is 11.8 Å². The number of carbonyl (C=O) groups excluding carboxylic acids is 1. The van der Waals surface area contributed by atoms with Crippen molar-refractivity contribution in [1.29, 1.82) is 0 Å². The van der Waals surface area contributed by atoms with Crippen LogP contribution in [0.2, 0.25) is 5.02 Å². The molecule has 0 spiro atoms. The van der Waals surface area contributed by atoms with Crippen LogP contribution in [-0.2, 0) is 4.79 Å². The lowest BCUT2D eigenvalue weighted by atomic mass is 10.2. The van der Waals surface area contributed by atoms with Crippen molar-refractivity contribution in [2.75, 3.05) is 0 Å². The molecule has 0 saturated carbocycles. The average molecular weight is 205 g/mol. The second-order valence-corrected chi connectivity index (χ2v) is 3.22. The predicted molar refractivity (Wildman–Crippen MR) is 58.2 cm³/mol. The molecule has 70 valence electrons. The van der Waals surface area contributed by atoms with Gasteiger partial charge in [-0.15, -0.1) is 0 Å². The number of rotatable bonds is 1. The van der Waals surface area contributed by atoms with Crippen molar-refractivity contribution < 1.29 is 4.79 Å². The van der Waals surface area contributed by atoms with Crippen LogP contribution in [0.3, 0.4) is 0 Å². The van der Waals surface area contributed by atoms with Crippen molar-refractivity contribution in [3.8, 4) is 11.8 Å². The minimum Gasteiger partial charge on any atom is -0.298 e. The number of halogens is 1. The maximum absolute atomic E-state index is 10.2. The zero-order valence-corrected chi connectivity index (χ0v) is 8.51. The van der Waals surface area contributed by atoms with Gasteiger partial charge < -0.3 is 0 Å². The highest BCUT2D eigenvalue weighted by molar-refractivity contribution is 6.30. The second kappa shape index (κ2) is 5.26. The summed E-state index contributed by atoms with van der Waals surface area (Å²) in [5, 5.41) is 0.690. The third kappa shape index (κ3) is 3.47. The molecule has 1 aromatic rings. The Morgan fingerprint density at radius 1 is 1.36 bits per heavy atom. The van der Waals surface area contributed by atoms with E-state index in [1.54, 1.807) is 25.1 Å². The van der Waals surface area contributed by atoms with E-state index >= 15 is 0 Å². The van der Waals surface area contributed by atoms with Gasteiger partial charge >= 0.3 is 0 Å². The predicted octanol–water partition coefficient (Wildman–Crippen LogP) is 2.84. The summed E-state index contributed by atoms with van der Waals surface area (Å²) >= 11 is 5.71. The third-order valence-electron chi connectivity index (χ3n) is 1.55. The Balaban J connectivity index is 2.78. The summed E-state index contributed by atoms with van der Waals surface area (Å²) in [6.07, 6.45) is 2.36. The Bertz CT molecular complexity index is 404. The van der Waals surface area contributed by atoms with Gasteiger partial charge in [0.05, 0.1) is 0 Å². The average Bonchev–Trinajstić information content (AvgIpc) is 2.21. The van der Waals surface area contributed by atoms with Crippen molar-refractivity contribution in [3.05, 3.63) is 46.5 Å². The lowest BCUT2D eigenvalue weighted by Gasteiger charge is -1.88. The van der Waals surface area contributed by atoms with Gasteiger partial charge in [0, 0.05) is 10.6 Å². The van der Waals surface area contributed by atoms with Gasteiger partial charge in [-0.1, -0.05) is 23.4 Å². The molecule has 0 amide bonds. The summed E-state index contributed by atoms with van der Waals surface area (Å²) < 4.78 is 0. The topological polar surface area (TPSA) is 17.1 Å². The number of benzene rings is 1. The van der Waals surface area contributed by atoms with Gasteiger partial charge in [0.25, 0.3) is 0 Å². The van der Waals surface area contributed by atoms with E-state index in [1.165, 1.54) is 0 Å². The number of carbonyl (C=O) groups is 1. The molecule has 14 heavy (non-hydrogen) atoms. The normalized spacial score (nSPS) is 10.3. The largest absolute Gasteiger partial charge is 0.298 e. The molecule has 2 heteroatoms. The fraction of sp³-hybridized carbons (Fsp3) is 0.0833. The van der Waals surface area contributed by atoms with Crippen molar-refractivity contribution in [1.82, 2.24) is 0 Å². The summed E-state index contributed by atoms with van der Waals surface area (Å²) in [5.41, 5.74) is 1.50. The first-order valence-corrected chi connectivity index (χ1v) is 4.49. The molecule has 0 bridgehead atoms. The first kappa shape index (κ1) is 10.6. The fourth-order valence-electron chi connectivity index (χ4n) is 0.800. The number of allylic oxidation sites excluding steroid dienone is 2. The van der Waals surface area contributed by atoms with Gasteiger partial charge in [0.1, 0.15) is 6.29 Å². The van der Waals surface area contributed by atoms with Gasteiger partial charge in [0.2, 0.25) is 0 Å². The molecule has 1 nitrogen and oxygen atoms in total. The highest BCUT2D eigenvalue weighted by Crippen LogP contribution is 2.08. The summed E-state index contributed by atoms with van der Waals surface area (Å²) in [4.78, 5) is 10.2. The van der Waals surface area contributed by atoms with Crippen molar-refractivity contribution >= 4 is 17.9 Å². The van der Waals surface area contributed by atoms with Gasteiger partial charge in [-0.25, -0.2) is 0 Å². The first-order valence-electron chi connectivity index (χ1n) is 4.11. The van der Waals surface area contributed by atoms with E-state index in [0.717, 1.165) is 11.8 Å². The minimum absolute atomic E-state index is 0.617. The van der Waals surface area contributed by atoms with Crippen LogP contribution in [-0.4, -0.2) is 6.29 Å². The Labute approximate surface area is 88.4 Å². The van der Waals surface area contributed by atoms with E-state index in [4.69, 9.17) is 11.6 Å². The Kier molecular flexibility index (Phi) is 3.97. The number of hydrogen-bond acceptors (Lipinski definition) is 1. The SMILES string of the molecule is C/C(C=O)=C/C#Cc1ccc(Cl)cc1. The lowest BCUT2D eigenvalue weighted by Crippen LogP contribution is -1.74. The molecule has 0 aliphatic rings. The van der Waals surface area contributed by atoms with Gasteiger partial charge in [-0.2, -0.15) is 0 Å². The van der Waals surface area contributed by atoms with Crippen LogP contribution in [0.1, 0.15) is 12.5 Å². The van der Waals surface area contributed by atoms with Crippen LogP contribution in [0.4, 0.5) is 0 Å². The zero-order valence-electron chi connectivity index (χ0n) is 7.75. The molecule has 0 saturated heterocycles. The molecule has 0 N–H and O–H groups in total. The number of hydrogen-bond donors (Lipinski definition) is 0. The van der Waals surface area contributed by atoms with Gasteiger partial charge in [-0.3, -0.25) is 4.79 Å². The summed E-state index contributed by atoms with van der Waals surface area (Å²) in [5.74, 6) is 5.68. The maximum Gasteiger partial charge on any atom is 0.146 e. The highest BCUT2D eigenvalue weighted by atomic mass is 35.5. The summed E-state index contributed by atoms with van der Waals surface area (Å²) in [6.45, 7) is 1.71. The number of aldehydes is 1. The van der Waals surface area contributed by atoms with Crippen LogP contribution in [0, 0.1) is 11.8 Å². The quantitative estimate of drug-likeness (QED) is 0.391. The standard InChI is InChI=1S/C12H9ClO/c1-10(9-14)3-2-4-11-5-7-12(13)8-6-11/h3,5-9H,1H3/b10-3-. The molecule has 0 radical (unpaired) electrons. The maximum atomic E-state index is 10.2. The first-order chi connectivity index (χ1) is 6.72. The van der Waals surface area contributed by atoms with Crippen LogP contribution in [0.25, 0.3) is 0 Å². The molecule has 0 fully saturated rings.